The van der Waals surface area contributed by atoms with E-state index in [0.717, 1.165) is 19.3 Å². The Morgan fingerprint density at radius 1 is 1.08 bits per heavy atom. The van der Waals surface area contributed by atoms with E-state index in [1.165, 1.54) is 6.42 Å². The minimum absolute atomic E-state index is 0.175. The van der Waals surface area contributed by atoms with E-state index in [2.05, 4.69) is 12.2 Å². The summed E-state index contributed by atoms with van der Waals surface area (Å²) in [5.74, 6) is 0.662. The van der Waals surface area contributed by atoms with Gasteiger partial charge in [-0.25, -0.2) is 4.79 Å². The molecule has 1 N–H and O–H groups in total. The van der Waals surface area contributed by atoms with E-state index in [1.807, 2.05) is 13.0 Å². The summed E-state index contributed by atoms with van der Waals surface area (Å²) in [5, 5.41) is 2.95. The first kappa shape index (κ1) is 19.1. The fraction of sp³-hybridized carbons (Fsp3) is 0.579. The van der Waals surface area contributed by atoms with Crippen molar-refractivity contribution in [2.75, 3.05) is 19.8 Å². The van der Waals surface area contributed by atoms with Crippen LogP contribution in [-0.2, 0) is 14.3 Å². The standard InChI is InChI=1S/C19H27NO5/c1-3-23-16-10-6-7-11-17(16)24-13-19(22)25-12-18(21)20-15-9-5-4-8-14(15)2/h6-7,10-11,14-15H,3-5,8-9,12-13H2,1-2H3,(H,20,21)/t14-,15+/m1/s1. The molecule has 0 unspecified atom stereocenters. The number of esters is 1. The lowest BCUT2D eigenvalue weighted by Gasteiger charge is -2.29. The molecular formula is C19H27NO5. The normalized spacial score (nSPS) is 19.8. The van der Waals surface area contributed by atoms with E-state index in [0.29, 0.717) is 24.0 Å². The number of para-hydroxylation sites is 2. The van der Waals surface area contributed by atoms with Gasteiger partial charge in [0.25, 0.3) is 5.91 Å². The summed E-state index contributed by atoms with van der Waals surface area (Å²) in [5.41, 5.74) is 0. The summed E-state index contributed by atoms with van der Waals surface area (Å²) < 4.78 is 15.8. The van der Waals surface area contributed by atoms with Crippen LogP contribution in [-0.4, -0.2) is 37.7 Å². The van der Waals surface area contributed by atoms with Gasteiger partial charge in [0, 0.05) is 6.04 Å². The monoisotopic (exact) mass is 349 g/mol. The lowest BCUT2D eigenvalue weighted by Crippen LogP contribution is -2.43. The molecule has 0 radical (unpaired) electrons. The fourth-order valence-corrected chi connectivity index (χ4v) is 2.95. The Morgan fingerprint density at radius 2 is 1.76 bits per heavy atom. The second kappa shape index (κ2) is 9.91. The van der Waals surface area contributed by atoms with E-state index in [1.54, 1.807) is 18.2 Å². The van der Waals surface area contributed by atoms with Gasteiger partial charge in [-0.05, 0) is 37.8 Å². The molecule has 0 bridgehead atoms. The predicted octanol–water partition coefficient (Wildman–Crippen LogP) is 2.70. The number of amides is 1. The average molecular weight is 349 g/mol. The molecule has 0 aliphatic heterocycles. The molecule has 1 aliphatic rings. The topological polar surface area (TPSA) is 73.9 Å². The first-order valence-electron chi connectivity index (χ1n) is 8.89. The Balaban J connectivity index is 1.71. The van der Waals surface area contributed by atoms with Gasteiger partial charge < -0.3 is 19.5 Å². The van der Waals surface area contributed by atoms with Gasteiger partial charge in [-0.2, -0.15) is 0 Å². The van der Waals surface area contributed by atoms with Gasteiger partial charge in [0.15, 0.2) is 24.7 Å². The van der Waals surface area contributed by atoms with Crippen LogP contribution in [0.2, 0.25) is 0 Å². The van der Waals surface area contributed by atoms with E-state index < -0.39 is 5.97 Å². The third-order valence-corrected chi connectivity index (χ3v) is 4.32. The number of carbonyl (C=O) groups excluding carboxylic acids is 2. The zero-order chi connectivity index (χ0) is 18.1. The van der Waals surface area contributed by atoms with E-state index in [9.17, 15) is 9.59 Å². The molecular weight excluding hydrogens is 322 g/mol. The van der Waals surface area contributed by atoms with E-state index in [-0.39, 0.29) is 25.2 Å². The van der Waals surface area contributed by atoms with Crippen molar-refractivity contribution >= 4 is 11.9 Å². The van der Waals surface area contributed by atoms with Crippen molar-refractivity contribution in [3.05, 3.63) is 24.3 Å². The maximum atomic E-state index is 11.9. The zero-order valence-electron chi connectivity index (χ0n) is 15.0. The van der Waals surface area contributed by atoms with Crippen LogP contribution in [0.25, 0.3) is 0 Å². The van der Waals surface area contributed by atoms with Crippen molar-refractivity contribution in [3.63, 3.8) is 0 Å². The summed E-state index contributed by atoms with van der Waals surface area (Å²) in [4.78, 5) is 23.7. The first-order valence-corrected chi connectivity index (χ1v) is 8.89. The van der Waals surface area contributed by atoms with Gasteiger partial charge in [0.1, 0.15) is 0 Å². The summed E-state index contributed by atoms with van der Waals surface area (Å²) in [6.07, 6.45) is 4.45. The maximum Gasteiger partial charge on any atom is 0.344 e. The Hall–Kier alpha value is -2.24. The van der Waals surface area contributed by atoms with Crippen LogP contribution < -0.4 is 14.8 Å². The molecule has 1 aromatic carbocycles. The zero-order valence-corrected chi connectivity index (χ0v) is 15.0. The van der Waals surface area contributed by atoms with Gasteiger partial charge in [-0.15, -0.1) is 0 Å². The van der Waals surface area contributed by atoms with Gasteiger partial charge in [-0.1, -0.05) is 31.9 Å². The highest BCUT2D eigenvalue weighted by Gasteiger charge is 2.23. The van der Waals surface area contributed by atoms with Gasteiger partial charge >= 0.3 is 5.97 Å². The van der Waals surface area contributed by atoms with Crippen molar-refractivity contribution in [1.82, 2.24) is 5.32 Å². The second-order valence-electron chi connectivity index (χ2n) is 6.26. The molecule has 1 aliphatic carbocycles. The van der Waals surface area contributed by atoms with Crippen LogP contribution in [0.4, 0.5) is 0 Å². The van der Waals surface area contributed by atoms with Crippen LogP contribution in [0.5, 0.6) is 11.5 Å². The number of hydrogen-bond acceptors (Lipinski definition) is 5. The van der Waals surface area contributed by atoms with Gasteiger partial charge in [0.05, 0.1) is 6.61 Å². The first-order chi connectivity index (χ1) is 12.1. The van der Waals surface area contributed by atoms with Crippen molar-refractivity contribution in [1.29, 1.82) is 0 Å². The lowest BCUT2D eigenvalue weighted by atomic mass is 9.86. The van der Waals surface area contributed by atoms with Crippen LogP contribution in [0.3, 0.4) is 0 Å². The minimum Gasteiger partial charge on any atom is -0.490 e. The van der Waals surface area contributed by atoms with Crippen LogP contribution in [0, 0.1) is 5.92 Å². The number of nitrogens with one attached hydrogen (secondary N) is 1. The molecule has 138 valence electrons. The molecule has 1 saturated carbocycles. The molecule has 1 amide bonds. The maximum absolute atomic E-state index is 11.9. The molecule has 6 heteroatoms. The Labute approximate surface area is 148 Å². The van der Waals surface area contributed by atoms with Crippen LogP contribution in [0.15, 0.2) is 24.3 Å². The second-order valence-corrected chi connectivity index (χ2v) is 6.26. The summed E-state index contributed by atoms with van der Waals surface area (Å²) in [6, 6.07) is 7.28. The Bertz CT molecular complexity index is 575. The highest BCUT2D eigenvalue weighted by Crippen LogP contribution is 2.26. The lowest BCUT2D eigenvalue weighted by molar-refractivity contribution is -0.150. The molecule has 0 spiro atoms. The third kappa shape index (κ3) is 6.29. The number of carbonyl (C=O) groups is 2. The predicted molar refractivity (Wildman–Crippen MR) is 93.6 cm³/mol. The number of benzene rings is 1. The molecule has 0 aromatic heterocycles. The minimum atomic E-state index is -0.585. The summed E-state index contributed by atoms with van der Waals surface area (Å²) in [7, 11) is 0. The molecule has 2 rings (SSSR count). The SMILES string of the molecule is CCOc1ccccc1OCC(=O)OCC(=O)N[C@H]1CCCC[C@H]1C. The number of ether oxygens (including phenoxy) is 3. The molecule has 0 saturated heterocycles. The van der Waals surface area contributed by atoms with E-state index >= 15 is 0 Å². The van der Waals surface area contributed by atoms with Crippen molar-refractivity contribution in [2.24, 2.45) is 5.92 Å². The number of rotatable bonds is 8. The molecule has 0 heterocycles. The average Bonchev–Trinajstić information content (AvgIpc) is 2.61. The van der Waals surface area contributed by atoms with Crippen LogP contribution in [0.1, 0.15) is 39.5 Å². The third-order valence-electron chi connectivity index (χ3n) is 4.32. The van der Waals surface area contributed by atoms with Crippen LogP contribution >= 0.6 is 0 Å². The molecule has 25 heavy (non-hydrogen) atoms. The molecule has 6 nitrogen and oxygen atoms in total. The Kier molecular flexibility index (Phi) is 7.57. The molecule has 2 atom stereocenters. The highest BCUT2D eigenvalue weighted by atomic mass is 16.6. The van der Waals surface area contributed by atoms with E-state index in [4.69, 9.17) is 14.2 Å². The van der Waals surface area contributed by atoms with Gasteiger partial charge in [-0.3, -0.25) is 4.79 Å². The number of hydrogen-bond donors (Lipinski definition) is 1. The van der Waals surface area contributed by atoms with Crippen molar-refractivity contribution in [2.45, 2.75) is 45.6 Å². The largest absolute Gasteiger partial charge is 0.490 e. The molecule has 1 aromatic rings. The van der Waals surface area contributed by atoms with Crippen molar-refractivity contribution in [3.8, 4) is 11.5 Å². The summed E-state index contributed by atoms with van der Waals surface area (Å²) >= 11 is 0. The Morgan fingerprint density at radius 3 is 2.44 bits per heavy atom. The smallest absolute Gasteiger partial charge is 0.344 e. The van der Waals surface area contributed by atoms with Crippen molar-refractivity contribution < 1.29 is 23.8 Å². The fourth-order valence-electron chi connectivity index (χ4n) is 2.95. The molecule has 1 fully saturated rings. The quantitative estimate of drug-likeness (QED) is 0.731. The van der Waals surface area contributed by atoms with Gasteiger partial charge in [0.2, 0.25) is 0 Å². The summed E-state index contributed by atoms with van der Waals surface area (Å²) in [6.45, 7) is 3.97. The highest BCUT2D eigenvalue weighted by molar-refractivity contribution is 5.81.